The molecule has 2 nitrogen and oxygen atoms in total. The fourth-order valence-electron chi connectivity index (χ4n) is 2.64. The normalized spacial score (nSPS) is 13.9. The van der Waals surface area contributed by atoms with Gasteiger partial charge in [0.25, 0.3) is 0 Å². The Bertz CT molecular complexity index is 544. The number of hydrogen-bond acceptors (Lipinski definition) is 2. The summed E-state index contributed by atoms with van der Waals surface area (Å²) in [7, 11) is 1.72. The first-order chi connectivity index (χ1) is 10.2. The summed E-state index contributed by atoms with van der Waals surface area (Å²) in [5.41, 5.74) is 2.10. The fraction of sp³-hybridized carbons (Fsp3) is 0.333. The Morgan fingerprint density at radius 3 is 2.48 bits per heavy atom. The van der Waals surface area contributed by atoms with Crippen LogP contribution in [-0.2, 0) is 11.2 Å². The summed E-state index contributed by atoms with van der Waals surface area (Å²) in [6, 6.07) is 17.0. The van der Waals surface area contributed by atoms with Gasteiger partial charge in [0, 0.05) is 13.2 Å². The summed E-state index contributed by atoms with van der Waals surface area (Å²) in [4.78, 5) is 0. The van der Waals surface area contributed by atoms with Crippen LogP contribution < -0.4 is 5.32 Å². The van der Waals surface area contributed by atoms with Crippen LogP contribution in [0.1, 0.15) is 24.2 Å². The van der Waals surface area contributed by atoms with Crippen LogP contribution in [0.4, 0.5) is 4.39 Å². The number of benzene rings is 2. The molecule has 21 heavy (non-hydrogen) atoms. The average Bonchev–Trinajstić information content (AvgIpc) is 2.49. The zero-order chi connectivity index (χ0) is 15.1. The van der Waals surface area contributed by atoms with Crippen LogP contribution in [-0.4, -0.2) is 19.7 Å². The minimum absolute atomic E-state index is 0.0607. The number of halogens is 1. The van der Waals surface area contributed by atoms with Gasteiger partial charge in [-0.25, -0.2) is 4.39 Å². The van der Waals surface area contributed by atoms with Crippen molar-refractivity contribution in [2.75, 3.05) is 13.7 Å². The molecular formula is C18H22FNO. The van der Waals surface area contributed by atoms with Crippen molar-refractivity contribution in [3.05, 3.63) is 71.5 Å². The van der Waals surface area contributed by atoms with E-state index in [1.165, 1.54) is 6.07 Å². The number of ether oxygens (including phenoxy) is 1. The first-order valence-corrected chi connectivity index (χ1v) is 7.30. The lowest BCUT2D eigenvalue weighted by Gasteiger charge is -2.27. The lowest BCUT2D eigenvalue weighted by molar-refractivity contribution is 0.0683. The van der Waals surface area contributed by atoms with Crippen LogP contribution in [0.25, 0.3) is 0 Å². The molecule has 2 rings (SSSR count). The van der Waals surface area contributed by atoms with Gasteiger partial charge < -0.3 is 10.1 Å². The summed E-state index contributed by atoms with van der Waals surface area (Å²) >= 11 is 0. The summed E-state index contributed by atoms with van der Waals surface area (Å²) < 4.78 is 19.1. The molecule has 0 saturated carbocycles. The summed E-state index contributed by atoms with van der Waals surface area (Å²) in [5.74, 6) is -0.198. The molecule has 2 aromatic rings. The minimum atomic E-state index is -0.198. The van der Waals surface area contributed by atoms with Crippen molar-refractivity contribution in [2.45, 2.75) is 25.5 Å². The number of nitrogens with one attached hydrogen (secondary N) is 1. The zero-order valence-electron chi connectivity index (χ0n) is 12.6. The standard InChI is InChI=1S/C18H22FNO/c1-3-20-17(13-14-8-7-11-16(19)12-14)18(21-2)15-9-5-4-6-10-15/h4-12,17-18,20H,3,13H2,1-2H3. The first kappa shape index (κ1) is 15.7. The Kier molecular flexibility index (Phi) is 5.90. The van der Waals surface area contributed by atoms with Crippen molar-refractivity contribution >= 4 is 0 Å². The average molecular weight is 287 g/mol. The molecule has 0 radical (unpaired) electrons. The van der Waals surface area contributed by atoms with E-state index in [4.69, 9.17) is 4.74 Å². The maximum atomic E-state index is 13.4. The Morgan fingerprint density at radius 1 is 1.10 bits per heavy atom. The molecule has 0 spiro atoms. The SMILES string of the molecule is CCNC(Cc1cccc(F)c1)C(OC)c1ccccc1. The zero-order valence-corrected chi connectivity index (χ0v) is 12.6. The maximum absolute atomic E-state index is 13.4. The van der Waals surface area contributed by atoms with E-state index in [9.17, 15) is 4.39 Å². The maximum Gasteiger partial charge on any atom is 0.123 e. The van der Waals surface area contributed by atoms with Crippen LogP contribution in [0.2, 0.25) is 0 Å². The van der Waals surface area contributed by atoms with E-state index in [1.54, 1.807) is 19.2 Å². The van der Waals surface area contributed by atoms with Crippen molar-refractivity contribution < 1.29 is 9.13 Å². The molecular weight excluding hydrogens is 265 g/mol. The highest BCUT2D eigenvalue weighted by Gasteiger charge is 2.22. The fourth-order valence-corrected chi connectivity index (χ4v) is 2.64. The highest BCUT2D eigenvalue weighted by molar-refractivity contribution is 5.22. The van der Waals surface area contributed by atoms with Crippen LogP contribution >= 0.6 is 0 Å². The topological polar surface area (TPSA) is 21.3 Å². The molecule has 112 valence electrons. The molecule has 0 aromatic heterocycles. The lowest BCUT2D eigenvalue weighted by Crippen LogP contribution is -2.37. The van der Waals surface area contributed by atoms with E-state index in [2.05, 4.69) is 24.4 Å². The largest absolute Gasteiger partial charge is 0.375 e. The van der Waals surface area contributed by atoms with Gasteiger partial charge in [-0.3, -0.25) is 0 Å². The molecule has 1 N–H and O–H groups in total. The molecule has 0 amide bonds. The first-order valence-electron chi connectivity index (χ1n) is 7.30. The van der Waals surface area contributed by atoms with Crippen molar-refractivity contribution in [3.8, 4) is 0 Å². The van der Waals surface area contributed by atoms with Crippen molar-refractivity contribution in [1.29, 1.82) is 0 Å². The molecule has 2 unspecified atom stereocenters. The summed E-state index contributed by atoms with van der Waals surface area (Å²) in [6.07, 6.45) is 0.661. The van der Waals surface area contributed by atoms with Crippen molar-refractivity contribution in [3.63, 3.8) is 0 Å². The Morgan fingerprint density at radius 2 is 1.86 bits per heavy atom. The Hall–Kier alpha value is -1.71. The smallest absolute Gasteiger partial charge is 0.123 e. The van der Waals surface area contributed by atoms with E-state index in [0.717, 1.165) is 24.1 Å². The second-order valence-corrected chi connectivity index (χ2v) is 5.07. The quantitative estimate of drug-likeness (QED) is 0.837. The van der Waals surface area contributed by atoms with E-state index in [1.807, 2.05) is 24.3 Å². The van der Waals surface area contributed by atoms with E-state index >= 15 is 0 Å². The second-order valence-electron chi connectivity index (χ2n) is 5.07. The van der Waals surface area contributed by atoms with E-state index in [-0.39, 0.29) is 18.0 Å². The lowest BCUT2D eigenvalue weighted by atomic mass is 9.96. The van der Waals surface area contributed by atoms with Crippen LogP contribution in [0.15, 0.2) is 54.6 Å². The monoisotopic (exact) mass is 287 g/mol. The highest BCUT2D eigenvalue weighted by atomic mass is 19.1. The van der Waals surface area contributed by atoms with Gasteiger partial charge in [0.2, 0.25) is 0 Å². The summed E-state index contributed by atoms with van der Waals surface area (Å²) in [6.45, 7) is 2.91. The van der Waals surface area contributed by atoms with Gasteiger partial charge in [0.1, 0.15) is 5.82 Å². The summed E-state index contributed by atoms with van der Waals surface area (Å²) in [5, 5.41) is 3.45. The molecule has 0 saturated heterocycles. The van der Waals surface area contributed by atoms with Gasteiger partial charge in [-0.2, -0.15) is 0 Å². The Balaban J connectivity index is 2.20. The molecule has 0 heterocycles. The van der Waals surface area contributed by atoms with Crippen LogP contribution in [0, 0.1) is 5.82 Å². The number of likely N-dealkylation sites (N-methyl/N-ethyl adjacent to an activating group) is 1. The third-order valence-corrected chi connectivity index (χ3v) is 3.56. The van der Waals surface area contributed by atoms with E-state index in [0.29, 0.717) is 0 Å². The third kappa shape index (κ3) is 4.38. The molecule has 2 atom stereocenters. The van der Waals surface area contributed by atoms with Gasteiger partial charge in [-0.1, -0.05) is 49.4 Å². The predicted octanol–water partition coefficient (Wildman–Crippen LogP) is 3.73. The number of rotatable bonds is 7. The van der Waals surface area contributed by atoms with Gasteiger partial charge in [0.15, 0.2) is 0 Å². The van der Waals surface area contributed by atoms with Gasteiger partial charge >= 0.3 is 0 Å². The molecule has 0 aliphatic rings. The number of hydrogen-bond donors (Lipinski definition) is 1. The number of methoxy groups -OCH3 is 1. The molecule has 0 fully saturated rings. The third-order valence-electron chi connectivity index (χ3n) is 3.56. The molecule has 0 bridgehead atoms. The molecule has 3 heteroatoms. The van der Waals surface area contributed by atoms with Gasteiger partial charge in [-0.05, 0) is 36.2 Å². The molecule has 0 aliphatic heterocycles. The highest BCUT2D eigenvalue weighted by Crippen LogP contribution is 2.23. The van der Waals surface area contributed by atoms with Gasteiger partial charge in [0.05, 0.1) is 6.10 Å². The van der Waals surface area contributed by atoms with Gasteiger partial charge in [-0.15, -0.1) is 0 Å². The minimum Gasteiger partial charge on any atom is -0.375 e. The van der Waals surface area contributed by atoms with E-state index < -0.39 is 0 Å². The molecule has 0 aliphatic carbocycles. The van der Waals surface area contributed by atoms with Crippen molar-refractivity contribution in [1.82, 2.24) is 5.32 Å². The Labute approximate surface area is 126 Å². The van der Waals surface area contributed by atoms with Crippen molar-refractivity contribution in [2.24, 2.45) is 0 Å². The van der Waals surface area contributed by atoms with Crippen LogP contribution in [0.5, 0.6) is 0 Å². The molecule has 2 aromatic carbocycles. The second kappa shape index (κ2) is 7.91. The predicted molar refractivity (Wildman–Crippen MR) is 83.8 cm³/mol. The van der Waals surface area contributed by atoms with Crippen LogP contribution in [0.3, 0.4) is 0 Å².